The van der Waals surface area contributed by atoms with Crippen molar-refractivity contribution in [1.82, 2.24) is 10.1 Å². The summed E-state index contributed by atoms with van der Waals surface area (Å²) < 4.78 is 16.2. The number of nitrogens with two attached hydrogens (primary N) is 1. The number of hydrogen-bond donors (Lipinski definition) is 1. The minimum atomic E-state index is -0.458. The molecule has 6 nitrogen and oxygen atoms in total. The molecule has 1 saturated carbocycles. The fourth-order valence-corrected chi connectivity index (χ4v) is 2.98. The van der Waals surface area contributed by atoms with E-state index in [0.29, 0.717) is 11.7 Å². The third kappa shape index (κ3) is 2.43. The molecular formula is C16H21N3O3. The Morgan fingerprint density at radius 2 is 1.73 bits per heavy atom. The maximum atomic E-state index is 6.37. The average Bonchev–Trinajstić information content (AvgIpc) is 3.17. The second-order valence-corrected chi connectivity index (χ2v) is 5.79. The Morgan fingerprint density at radius 1 is 1.14 bits per heavy atom. The Bertz CT molecular complexity index is 650. The summed E-state index contributed by atoms with van der Waals surface area (Å²) in [5.41, 5.74) is 7.61. The Balaban J connectivity index is 2.00. The molecule has 0 saturated heterocycles. The van der Waals surface area contributed by atoms with Crippen LogP contribution in [0.4, 0.5) is 0 Å². The lowest BCUT2D eigenvalue weighted by molar-refractivity contribution is 0.371. The van der Waals surface area contributed by atoms with Gasteiger partial charge in [0.05, 0.1) is 19.8 Å². The maximum Gasteiger partial charge on any atom is 0.258 e. The van der Waals surface area contributed by atoms with Crippen LogP contribution < -0.4 is 15.2 Å². The Morgan fingerprint density at radius 3 is 2.27 bits per heavy atom. The third-order valence-corrected chi connectivity index (χ3v) is 4.37. The number of ether oxygens (including phenoxy) is 2. The van der Waals surface area contributed by atoms with E-state index in [2.05, 4.69) is 10.1 Å². The zero-order chi connectivity index (χ0) is 15.7. The molecule has 1 aromatic carbocycles. The van der Waals surface area contributed by atoms with Gasteiger partial charge in [-0.05, 0) is 31.9 Å². The van der Waals surface area contributed by atoms with Crippen molar-refractivity contribution in [3.8, 4) is 23.0 Å². The fraction of sp³-hybridized carbons (Fsp3) is 0.500. The van der Waals surface area contributed by atoms with Crippen molar-refractivity contribution >= 4 is 0 Å². The number of aromatic nitrogens is 2. The summed E-state index contributed by atoms with van der Waals surface area (Å²) in [5, 5.41) is 4.09. The van der Waals surface area contributed by atoms with Gasteiger partial charge in [-0.25, -0.2) is 0 Å². The first-order chi connectivity index (χ1) is 10.6. The Kier molecular flexibility index (Phi) is 3.78. The van der Waals surface area contributed by atoms with Gasteiger partial charge in [-0.3, -0.25) is 0 Å². The van der Waals surface area contributed by atoms with E-state index in [1.807, 2.05) is 19.1 Å². The number of methoxy groups -OCH3 is 2. The predicted octanol–water partition coefficient (Wildman–Crippen LogP) is 2.79. The Labute approximate surface area is 129 Å². The van der Waals surface area contributed by atoms with Crippen molar-refractivity contribution in [3.05, 3.63) is 23.5 Å². The molecular weight excluding hydrogens is 282 g/mol. The summed E-state index contributed by atoms with van der Waals surface area (Å²) in [6, 6.07) is 3.74. The number of benzene rings is 1. The summed E-state index contributed by atoms with van der Waals surface area (Å²) in [4.78, 5) is 4.50. The van der Waals surface area contributed by atoms with Crippen molar-refractivity contribution in [1.29, 1.82) is 0 Å². The number of nitrogens with zero attached hydrogens (tertiary/aromatic N) is 2. The number of hydrogen-bond acceptors (Lipinski definition) is 6. The first-order valence-corrected chi connectivity index (χ1v) is 7.43. The quantitative estimate of drug-likeness (QED) is 0.935. The standard InChI is InChI=1S/C16H21N3O3/c1-10-12(20-2)8-11(9-13(10)21-3)14-18-15(19-22-14)16(17)6-4-5-7-16/h8-9H,4-7,17H2,1-3H3. The molecule has 0 radical (unpaired) electrons. The SMILES string of the molecule is COc1cc(-c2nc(C3(N)CCCC3)no2)cc(OC)c1C. The fourth-order valence-electron chi connectivity index (χ4n) is 2.98. The highest BCUT2D eigenvalue weighted by molar-refractivity contribution is 5.62. The lowest BCUT2D eigenvalue weighted by atomic mass is 9.98. The van der Waals surface area contributed by atoms with Gasteiger partial charge < -0.3 is 19.7 Å². The zero-order valence-electron chi connectivity index (χ0n) is 13.2. The van der Waals surface area contributed by atoms with E-state index in [1.54, 1.807) is 14.2 Å². The highest BCUT2D eigenvalue weighted by atomic mass is 16.5. The van der Waals surface area contributed by atoms with Crippen molar-refractivity contribution < 1.29 is 14.0 Å². The van der Waals surface area contributed by atoms with Crippen LogP contribution in [0.1, 0.15) is 37.1 Å². The maximum absolute atomic E-state index is 6.37. The number of rotatable bonds is 4. The summed E-state index contributed by atoms with van der Waals surface area (Å²) in [5.74, 6) is 2.46. The van der Waals surface area contributed by atoms with Crippen molar-refractivity contribution in [3.63, 3.8) is 0 Å². The van der Waals surface area contributed by atoms with Gasteiger partial charge in [-0.2, -0.15) is 4.98 Å². The van der Waals surface area contributed by atoms with Crippen LogP contribution in [-0.2, 0) is 5.54 Å². The normalized spacial score (nSPS) is 16.7. The van der Waals surface area contributed by atoms with Crippen LogP contribution in [0.5, 0.6) is 11.5 Å². The molecule has 0 aliphatic heterocycles. The van der Waals surface area contributed by atoms with Gasteiger partial charge in [0.2, 0.25) is 0 Å². The highest BCUT2D eigenvalue weighted by Gasteiger charge is 2.36. The lowest BCUT2D eigenvalue weighted by Crippen LogP contribution is -2.34. The van der Waals surface area contributed by atoms with Crippen LogP contribution in [0.25, 0.3) is 11.5 Å². The van der Waals surface area contributed by atoms with Crippen LogP contribution in [0.15, 0.2) is 16.7 Å². The van der Waals surface area contributed by atoms with Crippen LogP contribution in [-0.4, -0.2) is 24.4 Å². The van der Waals surface area contributed by atoms with Crippen LogP contribution in [0.2, 0.25) is 0 Å². The molecule has 6 heteroatoms. The van der Waals surface area contributed by atoms with Gasteiger partial charge in [0.15, 0.2) is 5.82 Å². The molecule has 1 aromatic heterocycles. The molecule has 0 amide bonds. The molecule has 0 bridgehead atoms. The smallest absolute Gasteiger partial charge is 0.258 e. The summed E-state index contributed by atoms with van der Waals surface area (Å²) in [6.07, 6.45) is 4.00. The van der Waals surface area contributed by atoms with Crippen molar-refractivity contribution in [2.75, 3.05) is 14.2 Å². The molecule has 0 spiro atoms. The van der Waals surface area contributed by atoms with E-state index in [-0.39, 0.29) is 0 Å². The van der Waals surface area contributed by atoms with Crippen LogP contribution in [0, 0.1) is 6.92 Å². The minimum Gasteiger partial charge on any atom is -0.496 e. The highest BCUT2D eigenvalue weighted by Crippen LogP contribution is 2.37. The summed E-state index contributed by atoms with van der Waals surface area (Å²) in [6.45, 7) is 1.94. The van der Waals surface area contributed by atoms with E-state index >= 15 is 0 Å². The second kappa shape index (κ2) is 5.61. The largest absolute Gasteiger partial charge is 0.496 e. The molecule has 2 N–H and O–H groups in total. The topological polar surface area (TPSA) is 83.4 Å². The molecule has 2 aromatic rings. The van der Waals surface area contributed by atoms with Gasteiger partial charge in [0.25, 0.3) is 5.89 Å². The van der Waals surface area contributed by atoms with Crippen molar-refractivity contribution in [2.45, 2.75) is 38.1 Å². The predicted molar refractivity (Wildman–Crippen MR) is 81.9 cm³/mol. The monoisotopic (exact) mass is 303 g/mol. The summed E-state index contributed by atoms with van der Waals surface area (Å²) in [7, 11) is 3.25. The van der Waals surface area contributed by atoms with Crippen LogP contribution in [0.3, 0.4) is 0 Å². The van der Waals surface area contributed by atoms with Gasteiger partial charge in [0, 0.05) is 11.1 Å². The van der Waals surface area contributed by atoms with Crippen molar-refractivity contribution in [2.24, 2.45) is 5.73 Å². The molecule has 1 fully saturated rings. The minimum absolute atomic E-state index is 0.434. The molecule has 118 valence electrons. The molecule has 3 rings (SSSR count). The van der Waals surface area contributed by atoms with E-state index in [1.165, 1.54) is 0 Å². The molecule has 0 atom stereocenters. The van der Waals surface area contributed by atoms with E-state index in [4.69, 9.17) is 19.7 Å². The van der Waals surface area contributed by atoms with Gasteiger partial charge in [0.1, 0.15) is 11.5 Å². The molecule has 1 heterocycles. The van der Waals surface area contributed by atoms with E-state index in [9.17, 15) is 0 Å². The first-order valence-electron chi connectivity index (χ1n) is 7.43. The van der Waals surface area contributed by atoms with Crippen LogP contribution >= 0.6 is 0 Å². The molecule has 1 aliphatic carbocycles. The third-order valence-electron chi connectivity index (χ3n) is 4.37. The average molecular weight is 303 g/mol. The first kappa shape index (κ1) is 14.8. The molecule has 0 unspecified atom stereocenters. The van der Waals surface area contributed by atoms with Gasteiger partial charge >= 0.3 is 0 Å². The molecule has 22 heavy (non-hydrogen) atoms. The van der Waals surface area contributed by atoms with Gasteiger partial charge in [-0.1, -0.05) is 18.0 Å². The zero-order valence-corrected chi connectivity index (χ0v) is 13.2. The lowest BCUT2D eigenvalue weighted by Gasteiger charge is -2.17. The van der Waals surface area contributed by atoms with Gasteiger partial charge in [-0.15, -0.1) is 0 Å². The second-order valence-electron chi connectivity index (χ2n) is 5.79. The summed E-state index contributed by atoms with van der Waals surface area (Å²) >= 11 is 0. The molecule has 1 aliphatic rings. The van der Waals surface area contributed by atoms with E-state index in [0.717, 1.165) is 48.3 Å². The Hall–Kier alpha value is -2.08. The van der Waals surface area contributed by atoms with E-state index < -0.39 is 5.54 Å².